The van der Waals surface area contributed by atoms with Crippen LogP contribution in [0.15, 0.2) is 16.6 Å². The normalized spacial score (nSPS) is 22.9. The van der Waals surface area contributed by atoms with Crippen LogP contribution in [0.4, 0.5) is 14.5 Å². The zero-order valence-corrected chi connectivity index (χ0v) is 11.9. The Morgan fingerprint density at radius 2 is 1.80 bits per heavy atom. The summed E-state index contributed by atoms with van der Waals surface area (Å²) in [4.78, 5) is 24.9. The highest BCUT2D eigenvalue weighted by molar-refractivity contribution is 9.10. The van der Waals surface area contributed by atoms with Gasteiger partial charge in [0.1, 0.15) is 18.3 Å². The molecule has 7 heteroatoms. The number of carbonyl (C=O) groups excluding carboxylic acids is 2. The number of piperazine rings is 1. The van der Waals surface area contributed by atoms with Gasteiger partial charge in [-0.15, -0.1) is 0 Å². The standard InChI is InChI=1S/C13H11BrF2N2O2/c14-7-3-8(15)12(9(16)4-7)18-5-10(19)17-11(13(18)20)6-1-2-6/h3-4,6,11H,1-2,5H2,(H,17,19). The predicted molar refractivity (Wildman–Crippen MR) is 71.1 cm³/mol. The monoisotopic (exact) mass is 344 g/mol. The maximum Gasteiger partial charge on any atom is 0.250 e. The second kappa shape index (κ2) is 4.80. The fourth-order valence-corrected chi connectivity index (χ4v) is 2.80. The van der Waals surface area contributed by atoms with E-state index in [0.717, 1.165) is 29.9 Å². The van der Waals surface area contributed by atoms with Crippen LogP contribution in [0.1, 0.15) is 12.8 Å². The topological polar surface area (TPSA) is 49.4 Å². The zero-order valence-electron chi connectivity index (χ0n) is 10.3. The summed E-state index contributed by atoms with van der Waals surface area (Å²) in [6.07, 6.45) is 1.69. The van der Waals surface area contributed by atoms with E-state index in [-0.39, 0.29) is 16.9 Å². The van der Waals surface area contributed by atoms with E-state index in [1.165, 1.54) is 0 Å². The van der Waals surface area contributed by atoms with Gasteiger partial charge < -0.3 is 5.32 Å². The maximum absolute atomic E-state index is 13.9. The Balaban J connectivity index is 1.99. The minimum absolute atomic E-state index is 0.0795. The number of nitrogens with zero attached hydrogens (tertiary/aromatic N) is 1. The van der Waals surface area contributed by atoms with Gasteiger partial charge in [-0.05, 0) is 30.9 Å². The molecule has 2 amide bonds. The highest BCUT2D eigenvalue weighted by Gasteiger charge is 2.44. The molecule has 4 nitrogen and oxygen atoms in total. The number of amides is 2. The van der Waals surface area contributed by atoms with Crippen LogP contribution in [0.2, 0.25) is 0 Å². The molecule has 2 aliphatic rings. The summed E-state index contributed by atoms with van der Waals surface area (Å²) in [5.41, 5.74) is -0.460. The summed E-state index contributed by atoms with van der Waals surface area (Å²) in [6, 6.07) is 1.48. The molecule has 1 saturated carbocycles. The van der Waals surface area contributed by atoms with Crippen molar-refractivity contribution in [3.63, 3.8) is 0 Å². The Morgan fingerprint density at radius 1 is 1.20 bits per heavy atom. The Morgan fingerprint density at radius 3 is 2.35 bits per heavy atom. The second-order valence-corrected chi connectivity index (χ2v) is 5.94. The molecule has 1 heterocycles. The molecule has 0 aromatic heterocycles. The molecule has 0 spiro atoms. The fraction of sp³-hybridized carbons (Fsp3) is 0.385. The number of halogens is 3. The highest BCUT2D eigenvalue weighted by atomic mass is 79.9. The predicted octanol–water partition coefficient (Wildman–Crippen LogP) is 1.97. The number of carbonyl (C=O) groups is 2. The molecule has 2 fully saturated rings. The summed E-state index contributed by atoms with van der Waals surface area (Å²) in [5.74, 6) is -2.50. The van der Waals surface area contributed by atoms with Crippen molar-refractivity contribution in [1.82, 2.24) is 5.32 Å². The molecule has 3 rings (SSSR count). The highest BCUT2D eigenvalue weighted by Crippen LogP contribution is 2.36. The lowest BCUT2D eigenvalue weighted by molar-refractivity contribution is -0.131. The van der Waals surface area contributed by atoms with Gasteiger partial charge in [0.2, 0.25) is 11.8 Å². The first-order valence-electron chi connectivity index (χ1n) is 6.22. The molecule has 1 N–H and O–H groups in total. The molecular formula is C13H11BrF2N2O2. The summed E-state index contributed by atoms with van der Waals surface area (Å²) in [7, 11) is 0. The first kappa shape index (κ1) is 13.5. The van der Waals surface area contributed by atoms with Gasteiger partial charge in [0.15, 0.2) is 11.6 Å². The molecule has 0 bridgehead atoms. The molecular weight excluding hydrogens is 334 g/mol. The molecule has 0 radical (unpaired) electrons. The lowest BCUT2D eigenvalue weighted by Gasteiger charge is -2.33. The molecule has 1 aliphatic heterocycles. The van der Waals surface area contributed by atoms with Gasteiger partial charge >= 0.3 is 0 Å². The average Bonchev–Trinajstić information content (AvgIpc) is 3.15. The van der Waals surface area contributed by atoms with E-state index in [2.05, 4.69) is 21.2 Å². The van der Waals surface area contributed by atoms with E-state index >= 15 is 0 Å². The Bertz CT molecular complexity index is 581. The van der Waals surface area contributed by atoms with Crippen molar-refractivity contribution in [2.45, 2.75) is 18.9 Å². The van der Waals surface area contributed by atoms with Gasteiger partial charge in [-0.3, -0.25) is 14.5 Å². The van der Waals surface area contributed by atoms with Crippen molar-refractivity contribution >= 4 is 33.4 Å². The lowest BCUT2D eigenvalue weighted by atomic mass is 10.1. The molecule has 1 saturated heterocycles. The fourth-order valence-electron chi connectivity index (χ4n) is 2.40. The molecule has 20 heavy (non-hydrogen) atoms. The van der Waals surface area contributed by atoms with E-state index in [1.54, 1.807) is 0 Å². The number of nitrogens with one attached hydrogen (secondary N) is 1. The first-order chi connectivity index (χ1) is 9.47. The quantitative estimate of drug-likeness (QED) is 0.891. The molecule has 1 aromatic carbocycles. The third-order valence-electron chi connectivity index (χ3n) is 3.50. The molecule has 1 atom stereocenters. The summed E-state index contributed by atoms with van der Waals surface area (Å²) in [6.45, 7) is -0.364. The van der Waals surface area contributed by atoms with Gasteiger partial charge in [-0.2, -0.15) is 0 Å². The number of hydrogen-bond donors (Lipinski definition) is 1. The number of benzene rings is 1. The third-order valence-corrected chi connectivity index (χ3v) is 3.95. The van der Waals surface area contributed by atoms with Crippen LogP contribution >= 0.6 is 15.9 Å². The lowest BCUT2D eigenvalue weighted by Crippen LogP contribution is -2.59. The van der Waals surface area contributed by atoms with Crippen LogP contribution in [0.25, 0.3) is 0 Å². The van der Waals surface area contributed by atoms with Crippen LogP contribution in [-0.2, 0) is 9.59 Å². The number of rotatable bonds is 2. The molecule has 1 aromatic rings. The van der Waals surface area contributed by atoms with Gasteiger partial charge in [-0.25, -0.2) is 8.78 Å². The Hall–Kier alpha value is -1.50. The Kier molecular flexibility index (Phi) is 3.24. The van der Waals surface area contributed by atoms with E-state index < -0.39 is 35.2 Å². The van der Waals surface area contributed by atoms with E-state index in [9.17, 15) is 18.4 Å². The summed E-state index contributed by atoms with van der Waals surface area (Å²) < 4.78 is 28.1. The first-order valence-corrected chi connectivity index (χ1v) is 7.02. The zero-order chi connectivity index (χ0) is 14.4. The van der Waals surface area contributed by atoms with Crippen molar-refractivity contribution in [1.29, 1.82) is 0 Å². The van der Waals surface area contributed by atoms with Gasteiger partial charge in [0, 0.05) is 4.47 Å². The van der Waals surface area contributed by atoms with E-state index in [1.807, 2.05) is 0 Å². The average molecular weight is 345 g/mol. The number of hydrogen-bond acceptors (Lipinski definition) is 2. The molecule has 106 valence electrons. The van der Waals surface area contributed by atoms with Crippen LogP contribution < -0.4 is 10.2 Å². The largest absolute Gasteiger partial charge is 0.342 e. The van der Waals surface area contributed by atoms with E-state index in [4.69, 9.17) is 0 Å². The van der Waals surface area contributed by atoms with Gasteiger partial charge in [0.05, 0.1) is 0 Å². The molecule has 1 aliphatic carbocycles. The van der Waals surface area contributed by atoms with E-state index in [0.29, 0.717) is 0 Å². The van der Waals surface area contributed by atoms with Crippen molar-refractivity contribution in [2.75, 3.05) is 11.4 Å². The van der Waals surface area contributed by atoms with Crippen molar-refractivity contribution in [2.24, 2.45) is 5.92 Å². The minimum Gasteiger partial charge on any atom is -0.342 e. The van der Waals surface area contributed by atoms with Crippen LogP contribution in [0.3, 0.4) is 0 Å². The third kappa shape index (κ3) is 2.30. The second-order valence-electron chi connectivity index (χ2n) is 5.03. The van der Waals surface area contributed by atoms with Gasteiger partial charge in [0.25, 0.3) is 0 Å². The summed E-state index contributed by atoms with van der Waals surface area (Å²) in [5, 5.41) is 2.59. The van der Waals surface area contributed by atoms with Crippen molar-refractivity contribution in [3.8, 4) is 0 Å². The SMILES string of the molecule is O=C1CN(c2c(F)cc(Br)cc2F)C(=O)C(C2CC2)N1. The summed E-state index contributed by atoms with van der Waals surface area (Å²) >= 11 is 2.98. The smallest absolute Gasteiger partial charge is 0.250 e. The minimum atomic E-state index is -0.866. The van der Waals surface area contributed by atoms with Gasteiger partial charge in [-0.1, -0.05) is 15.9 Å². The number of anilines is 1. The Labute approximate surface area is 122 Å². The van der Waals surface area contributed by atoms with Crippen LogP contribution in [0, 0.1) is 17.6 Å². The van der Waals surface area contributed by atoms with Crippen LogP contribution in [0.5, 0.6) is 0 Å². The van der Waals surface area contributed by atoms with Crippen molar-refractivity contribution in [3.05, 3.63) is 28.2 Å². The van der Waals surface area contributed by atoms with Crippen molar-refractivity contribution < 1.29 is 18.4 Å². The maximum atomic E-state index is 13.9. The molecule has 1 unspecified atom stereocenters. The van der Waals surface area contributed by atoms with Crippen LogP contribution in [-0.4, -0.2) is 24.4 Å².